The van der Waals surface area contributed by atoms with Gasteiger partial charge in [0.25, 0.3) is 0 Å². The van der Waals surface area contributed by atoms with E-state index in [2.05, 4.69) is 24.0 Å². The van der Waals surface area contributed by atoms with Crippen LogP contribution in [0.1, 0.15) is 77.1 Å². The van der Waals surface area contributed by atoms with Gasteiger partial charge in [-0.1, -0.05) is 38.3 Å². The molecule has 1 aromatic heterocycles. The molecule has 20 heavy (non-hydrogen) atoms. The molecule has 3 atom stereocenters. The van der Waals surface area contributed by atoms with E-state index in [1.807, 2.05) is 6.92 Å². The maximum atomic E-state index is 6.50. The Labute approximate surface area is 121 Å². The molecule has 5 heteroatoms. The van der Waals surface area contributed by atoms with Gasteiger partial charge < -0.3 is 15.0 Å². The molecule has 1 aliphatic rings. The lowest BCUT2D eigenvalue weighted by molar-refractivity contribution is 0.0477. The summed E-state index contributed by atoms with van der Waals surface area (Å²) in [6.45, 7) is 6.99. The van der Waals surface area contributed by atoms with Crippen molar-refractivity contribution in [3.8, 4) is 0 Å². The molecule has 114 valence electrons. The van der Waals surface area contributed by atoms with Crippen molar-refractivity contribution in [1.29, 1.82) is 0 Å². The van der Waals surface area contributed by atoms with Gasteiger partial charge in [-0.15, -0.1) is 0 Å². The van der Waals surface area contributed by atoms with Crippen LogP contribution in [0.4, 0.5) is 0 Å². The lowest BCUT2D eigenvalue weighted by atomic mass is 9.77. The second-order valence-corrected chi connectivity index (χ2v) is 6.05. The zero-order chi connectivity index (χ0) is 14.6. The molecule has 0 spiro atoms. The Bertz CT molecular complexity index is 415. The van der Waals surface area contributed by atoms with Gasteiger partial charge in [-0.25, -0.2) is 0 Å². The molecule has 2 rings (SSSR count). The molecule has 0 radical (unpaired) electrons. The molecule has 1 aliphatic carbocycles. The van der Waals surface area contributed by atoms with Crippen molar-refractivity contribution in [3.63, 3.8) is 0 Å². The second-order valence-electron chi connectivity index (χ2n) is 6.05. The molecule has 0 aliphatic heterocycles. The summed E-state index contributed by atoms with van der Waals surface area (Å²) >= 11 is 0. The zero-order valence-corrected chi connectivity index (χ0v) is 12.9. The Hall–Kier alpha value is -0.940. The summed E-state index contributed by atoms with van der Waals surface area (Å²) in [5.41, 5.74) is 6.04. The normalized spacial score (nSPS) is 28.5. The smallest absolute Gasteiger partial charge is 0.246 e. The van der Waals surface area contributed by atoms with E-state index >= 15 is 0 Å². The molecule has 1 heterocycles. The Morgan fingerprint density at radius 3 is 2.95 bits per heavy atom. The van der Waals surface area contributed by atoms with E-state index in [-0.39, 0.29) is 6.10 Å². The molecule has 0 saturated heterocycles. The van der Waals surface area contributed by atoms with Crippen LogP contribution in [0.25, 0.3) is 0 Å². The summed E-state index contributed by atoms with van der Waals surface area (Å²) < 4.78 is 11.2. The van der Waals surface area contributed by atoms with E-state index in [1.165, 1.54) is 6.42 Å². The van der Waals surface area contributed by atoms with Gasteiger partial charge in [-0.3, -0.25) is 0 Å². The third kappa shape index (κ3) is 3.38. The predicted molar refractivity (Wildman–Crippen MR) is 77.1 cm³/mol. The van der Waals surface area contributed by atoms with Crippen molar-refractivity contribution >= 4 is 0 Å². The molecule has 1 fully saturated rings. The molecule has 2 N–H and O–H groups in total. The van der Waals surface area contributed by atoms with Crippen LogP contribution in [-0.2, 0) is 10.3 Å². The zero-order valence-electron chi connectivity index (χ0n) is 12.9. The molecule has 0 amide bonds. The largest absolute Gasteiger partial charge is 0.370 e. The van der Waals surface area contributed by atoms with Crippen molar-refractivity contribution in [1.82, 2.24) is 10.1 Å². The van der Waals surface area contributed by atoms with Crippen LogP contribution < -0.4 is 5.73 Å². The molecular formula is C15H27N3O2. The average Bonchev–Trinajstić information content (AvgIpc) is 2.88. The van der Waals surface area contributed by atoms with Gasteiger partial charge in [0.15, 0.2) is 0 Å². The molecule has 1 saturated carbocycles. The molecule has 3 unspecified atom stereocenters. The highest BCUT2D eigenvalue weighted by molar-refractivity contribution is 5.05. The maximum Gasteiger partial charge on any atom is 0.246 e. The van der Waals surface area contributed by atoms with Crippen LogP contribution in [0, 0.1) is 5.92 Å². The summed E-state index contributed by atoms with van der Waals surface area (Å²) in [6.07, 6.45) is 6.05. The number of aromatic nitrogens is 2. The standard InChI is InChI=1S/C15H27N3O2/c1-4-7-12(19-5-2)13-17-14(20-18-13)15(16)9-6-8-11(3)10-15/h11-12H,4-10,16H2,1-3H3. The van der Waals surface area contributed by atoms with E-state index in [0.29, 0.717) is 24.2 Å². The van der Waals surface area contributed by atoms with Crippen molar-refractivity contribution in [2.24, 2.45) is 11.7 Å². The first-order chi connectivity index (χ1) is 9.59. The van der Waals surface area contributed by atoms with E-state index in [0.717, 1.165) is 32.1 Å². The topological polar surface area (TPSA) is 74.2 Å². The predicted octanol–water partition coefficient (Wildman–Crippen LogP) is 3.31. The maximum absolute atomic E-state index is 6.50. The molecular weight excluding hydrogens is 254 g/mol. The third-order valence-electron chi connectivity index (χ3n) is 4.11. The molecule has 5 nitrogen and oxygen atoms in total. The Morgan fingerprint density at radius 2 is 2.30 bits per heavy atom. The van der Waals surface area contributed by atoms with E-state index in [4.69, 9.17) is 15.0 Å². The van der Waals surface area contributed by atoms with E-state index in [1.54, 1.807) is 0 Å². The fourth-order valence-corrected chi connectivity index (χ4v) is 3.10. The summed E-state index contributed by atoms with van der Waals surface area (Å²) in [7, 11) is 0. The van der Waals surface area contributed by atoms with Crippen LogP contribution in [-0.4, -0.2) is 16.7 Å². The highest BCUT2D eigenvalue weighted by Crippen LogP contribution is 2.37. The number of rotatable bonds is 6. The van der Waals surface area contributed by atoms with Gasteiger partial charge in [0.2, 0.25) is 11.7 Å². The number of hydrogen-bond acceptors (Lipinski definition) is 5. The van der Waals surface area contributed by atoms with Gasteiger partial charge in [0.05, 0.1) is 5.54 Å². The van der Waals surface area contributed by atoms with Crippen molar-refractivity contribution in [2.45, 2.75) is 70.9 Å². The quantitative estimate of drug-likeness (QED) is 0.865. The number of nitrogens with two attached hydrogens (primary N) is 1. The fraction of sp³-hybridized carbons (Fsp3) is 0.867. The summed E-state index contributed by atoms with van der Waals surface area (Å²) in [4.78, 5) is 4.55. The van der Waals surface area contributed by atoms with E-state index < -0.39 is 5.54 Å². The number of hydrogen-bond donors (Lipinski definition) is 1. The average molecular weight is 281 g/mol. The minimum absolute atomic E-state index is 0.0767. The SMILES string of the molecule is CCCC(OCC)c1noc(C2(N)CCCC(C)C2)n1. The Morgan fingerprint density at radius 1 is 1.50 bits per heavy atom. The summed E-state index contributed by atoms with van der Waals surface area (Å²) in [5.74, 6) is 1.84. The first-order valence-electron chi connectivity index (χ1n) is 7.83. The summed E-state index contributed by atoms with van der Waals surface area (Å²) in [6, 6.07) is 0. The summed E-state index contributed by atoms with van der Waals surface area (Å²) in [5, 5.41) is 4.11. The monoisotopic (exact) mass is 281 g/mol. The highest BCUT2D eigenvalue weighted by atomic mass is 16.5. The first-order valence-corrected chi connectivity index (χ1v) is 7.83. The van der Waals surface area contributed by atoms with Gasteiger partial charge in [0, 0.05) is 6.61 Å². The molecule has 0 aromatic carbocycles. The van der Waals surface area contributed by atoms with Crippen molar-refractivity contribution < 1.29 is 9.26 Å². The van der Waals surface area contributed by atoms with Crippen LogP contribution >= 0.6 is 0 Å². The van der Waals surface area contributed by atoms with Gasteiger partial charge in [0.1, 0.15) is 6.10 Å². The number of nitrogens with zero attached hydrogens (tertiary/aromatic N) is 2. The molecule has 1 aromatic rings. The lowest BCUT2D eigenvalue weighted by Crippen LogP contribution is -2.41. The van der Waals surface area contributed by atoms with Crippen LogP contribution in [0.2, 0.25) is 0 Å². The minimum atomic E-state index is -0.452. The van der Waals surface area contributed by atoms with Crippen LogP contribution in [0.15, 0.2) is 4.52 Å². The van der Waals surface area contributed by atoms with Crippen LogP contribution in [0.3, 0.4) is 0 Å². The van der Waals surface area contributed by atoms with Crippen molar-refractivity contribution in [3.05, 3.63) is 11.7 Å². The van der Waals surface area contributed by atoms with Gasteiger partial charge >= 0.3 is 0 Å². The second kappa shape index (κ2) is 6.68. The fourth-order valence-electron chi connectivity index (χ4n) is 3.10. The lowest BCUT2D eigenvalue weighted by Gasteiger charge is -2.33. The first kappa shape index (κ1) is 15.4. The Balaban J connectivity index is 2.14. The van der Waals surface area contributed by atoms with E-state index in [9.17, 15) is 0 Å². The third-order valence-corrected chi connectivity index (χ3v) is 4.11. The van der Waals surface area contributed by atoms with Crippen molar-refractivity contribution in [2.75, 3.05) is 6.61 Å². The minimum Gasteiger partial charge on any atom is -0.370 e. The van der Waals surface area contributed by atoms with Gasteiger partial charge in [-0.05, 0) is 32.1 Å². The Kier molecular flexibility index (Phi) is 5.16. The number of ether oxygens (including phenoxy) is 1. The highest BCUT2D eigenvalue weighted by Gasteiger charge is 2.38. The van der Waals surface area contributed by atoms with Gasteiger partial charge in [-0.2, -0.15) is 4.98 Å². The molecule has 0 bridgehead atoms. The van der Waals surface area contributed by atoms with Crippen LogP contribution in [0.5, 0.6) is 0 Å².